The van der Waals surface area contributed by atoms with Crippen molar-refractivity contribution in [2.75, 3.05) is 12.3 Å². The number of carbonyl (C=O) groups is 1. The summed E-state index contributed by atoms with van der Waals surface area (Å²) in [6.45, 7) is 3.90. The summed E-state index contributed by atoms with van der Waals surface area (Å²) >= 11 is 0. The van der Waals surface area contributed by atoms with Gasteiger partial charge in [0.25, 0.3) is 0 Å². The maximum absolute atomic E-state index is 11.5. The second-order valence-electron chi connectivity index (χ2n) is 4.74. The highest BCUT2D eigenvalue weighted by molar-refractivity contribution is 5.75. The Balaban J connectivity index is 3.01. The van der Waals surface area contributed by atoms with E-state index in [1.54, 1.807) is 12.1 Å². The van der Waals surface area contributed by atoms with Gasteiger partial charge >= 0.3 is 5.97 Å². The molecule has 0 spiro atoms. The molecule has 1 rings (SSSR count). The van der Waals surface area contributed by atoms with Crippen LogP contribution in [0.25, 0.3) is 0 Å². The molecule has 1 atom stereocenters. The van der Waals surface area contributed by atoms with Crippen LogP contribution in [0.1, 0.15) is 19.4 Å². The first kappa shape index (κ1) is 13.5. The molecule has 94 valence electrons. The molecule has 0 fully saturated rings. The molecule has 1 unspecified atom stereocenters. The lowest BCUT2D eigenvalue weighted by Crippen LogP contribution is -2.45. The molecular formula is C13H20N2O2. The monoisotopic (exact) mass is 236 g/mol. The van der Waals surface area contributed by atoms with Crippen molar-refractivity contribution in [3.8, 4) is 0 Å². The van der Waals surface area contributed by atoms with Gasteiger partial charge in [0, 0.05) is 12.2 Å². The minimum atomic E-state index is -0.907. The summed E-state index contributed by atoms with van der Waals surface area (Å²) < 4.78 is 0. The molecule has 5 N–H and O–H groups in total. The third-order valence-electron chi connectivity index (χ3n) is 3.39. The minimum Gasteiger partial charge on any atom is -0.481 e. The highest BCUT2D eigenvalue weighted by Gasteiger charge is 2.40. The number of nitrogens with two attached hydrogens (primary N) is 2. The Morgan fingerprint density at radius 1 is 1.35 bits per heavy atom. The number of carboxylic acids is 1. The van der Waals surface area contributed by atoms with E-state index >= 15 is 0 Å². The lowest BCUT2D eigenvalue weighted by molar-refractivity contribution is -0.151. The summed E-state index contributed by atoms with van der Waals surface area (Å²) in [7, 11) is 0. The van der Waals surface area contributed by atoms with E-state index in [0.717, 1.165) is 5.56 Å². The van der Waals surface area contributed by atoms with Crippen LogP contribution in [0.2, 0.25) is 0 Å². The Kier molecular flexibility index (Phi) is 4.12. The lowest BCUT2D eigenvalue weighted by Gasteiger charge is -2.32. The minimum absolute atomic E-state index is 0.0254. The van der Waals surface area contributed by atoms with E-state index in [4.69, 9.17) is 11.5 Å². The molecule has 0 saturated heterocycles. The van der Waals surface area contributed by atoms with Crippen LogP contribution in [0.4, 0.5) is 5.69 Å². The third-order valence-corrected chi connectivity index (χ3v) is 3.39. The van der Waals surface area contributed by atoms with Gasteiger partial charge in [-0.1, -0.05) is 26.0 Å². The van der Waals surface area contributed by atoms with E-state index in [0.29, 0.717) is 12.1 Å². The van der Waals surface area contributed by atoms with E-state index < -0.39 is 11.4 Å². The summed E-state index contributed by atoms with van der Waals surface area (Å²) in [6, 6.07) is 7.26. The normalized spacial score (nSPS) is 14.6. The Labute approximate surface area is 102 Å². The molecule has 1 aromatic rings. The largest absolute Gasteiger partial charge is 0.481 e. The molecule has 0 heterocycles. The van der Waals surface area contributed by atoms with E-state index in [1.807, 2.05) is 26.0 Å². The number of hydrogen-bond acceptors (Lipinski definition) is 3. The second-order valence-corrected chi connectivity index (χ2v) is 4.74. The molecule has 0 aliphatic heterocycles. The summed E-state index contributed by atoms with van der Waals surface area (Å²) in [4.78, 5) is 11.5. The fourth-order valence-electron chi connectivity index (χ4n) is 1.92. The van der Waals surface area contributed by atoms with Gasteiger partial charge in [0.2, 0.25) is 0 Å². The second kappa shape index (κ2) is 5.19. The number of rotatable bonds is 5. The van der Waals surface area contributed by atoms with Gasteiger partial charge in [-0.05, 0) is 30.0 Å². The van der Waals surface area contributed by atoms with E-state index in [2.05, 4.69) is 0 Å². The topological polar surface area (TPSA) is 89.3 Å². The van der Waals surface area contributed by atoms with Gasteiger partial charge in [0.05, 0.1) is 5.41 Å². The van der Waals surface area contributed by atoms with Crippen LogP contribution < -0.4 is 11.5 Å². The first-order valence-electron chi connectivity index (χ1n) is 5.70. The highest BCUT2D eigenvalue weighted by Crippen LogP contribution is 2.31. The SMILES string of the molecule is CC(C)C(CN)(Cc1ccc(N)cc1)C(=O)O. The van der Waals surface area contributed by atoms with Crippen molar-refractivity contribution < 1.29 is 9.90 Å². The number of hydrogen-bond donors (Lipinski definition) is 3. The molecule has 0 bridgehead atoms. The van der Waals surface area contributed by atoms with Crippen LogP contribution in [0.15, 0.2) is 24.3 Å². The van der Waals surface area contributed by atoms with E-state index in [9.17, 15) is 9.90 Å². The Morgan fingerprint density at radius 2 is 1.88 bits per heavy atom. The molecule has 0 saturated carbocycles. The quantitative estimate of drug-likeness (QED) is 0.676. The van der Waals surface area contributed by atoms with Crippen LogP contribution >= 0.6 is 0 Å². The first-order chi connectivity index (χ1) is 7.92. The van der Waals surface area contributed by atoms with Crippen molar-refractivity contribution in [1.29, 1.82) is 0 Å². The maximum atomic E-state index is 11.5. The van der Waals surface area contributed by atoms with Gasteiger partial charge in [0.15, 0.2) is 0 Å². The third kappa shape index (κ3) is 2.77. The van der Waals surface area contributed by atoms with E-state index in [1.165, 1.54) is 0 Å². The molecule has 0 amide bonds. The fraction of sp³-hybridized carbons (Fsp3) is 0.462. The van der Waals surface area contributed by atoms with Crippen LogP contribution in [-0.4, -0.2) is 17.6 Å². The predicted molar refractivity (Wildman–Crippen MR) is 68.5 cm³/mol. The van der Waals surface area contributed by atoms with Crippen molar-refractivity contribution in [3.63, 3.8) is 0 Å². The smallest absolute Gasteiger partial charge is 0.311 e. The van der Waals surface area contributed by atoms with Crippen LogP contribution in [-0.2, 0) is 11.2 Å². The van der Waals surface area contributed by atoms with Crippen molar-refractivity contribution >= 4 is 11.7 Å². The molecule has 0 aliphatic rings. The van der Waals surface area contributed by atoms with Gasteiger partial charge < -0.3 is 16.6 Å². The standard InChI is InChI=1S/C13H20N2O2/c1-9(2)13(8-14,12(16)17)7-10-3-5-11(15)6-4-10/h3-6,9H,7-8,14-15H2,1-2H3,(H,16,17). The van der Waals surface area contributed by atoms with Crippen LogP contribution in [0.3, 0.4) is 0 Å². The van der Waals surface area contributed by atoms with Gasteiger partial charge in [-0.3, -0.25) is 4.79 Å². The van der Waals surface area contributed by atoms with Crippen LogP contribution in [0, 0.1) is 11.3 Å². The Bertz CT molecular complexity index is 387. The summed E-state index contributed by atoms with van der Waals surface area (Å²) in [5.74, 6) is -0.866. The fourth-order valence-corrected chi connectivity index (χ4v) is 1.92. The van der Waals surface area contributed by atoms with Gasteiger partial charge in [-0.15, -0.1) is 0 Å². The average Bonchev–Trinajstić information content (AvgIpc) is 2.27. The molecule has 4 heteroatoms. The molecule has 4 nitrogen and oxygen atoms in total. The van der Waals surface area contributed by atoms with Crippen molar-refractivity contribution in [3.05, 3.63) is 29.8 Å². The Morgan fingerprint density at radius 3 is 2.24 bits per heavy atom. The van der Waals surface area contributed by atoms with Gasteiger partial charge in [0.1, 0.15) is 0 Å². The zero-order valence-corrected chi connectivity index (χ0v) is 10.3. The average molecular weight is 236 g/mol. The Hall–Kier alpha value is -1.55. The number of aliphatic carboxylic acids is 1. The van der Waals surface area contributed by atoms with E-state index in [-0.39, 0.29) is 12.5 Å². The molecule has 0 radical (unpaired) electrons. The van der Waals surface area contributed by atoms with Gasteiger partial charge in [-0.25, -0.2) is 0 Å². The zero-order valence-electron chi connectivity index (χ0n) is 10.3. The number of anilines is 1. The van der Waals surface area contributed by atoms with Crippen LogP contribution in [0.5, 0.6) is 0 Å². The summed E-state index contributed by atoms with van der Waals surface area (Å²) in [6.07, 6.45) is 0.427. The zero-order chi connectivity index (χ0) is 13.1. The molecule has 17 heavy (non-hydrogen) atoms. The summed E-state index contributed by atoms with van der Waals surface area (Å²) in [5.41, 5.74) is 12.0. The number of benzene rings is 1. The number of nitrogen functional groups attached to an aromatic ring is 1. The predicted octanol–water partition coefficient (Wildman–Crippen LogP) is 1.50. The lowest BCUT2D eigenvalue weighted by atomic mass is 9.72. The molecule has 1 aromatic carbocycles. The highest BCUT2D eigenvalue weighted by atomic mass is 16.4. The maximum Gasteiger partial charge on any atom is 0.311 e. The first-order valence-corrected chi connectivity index (χ1v) is 5.70. The number of carboxylic acid groups (broad SMARTS) is 1. The van der Waals surface area contributed by atoms with Gasteiger partial charge in [-0.2, -0.15) is 0 Å². The molecular weight excluding hydrogens is 216 g/mol. The van der Waals surface area contributed by atoms with Crippen molar-refractivity contribution in [2.24, 2.45) is 17.1 Å². The molecule has 0 aromatic heterocycles. The van der Waals surface area contributed by atoms with Crippen molar-refractivity contribution in [1.82, 2.24) is 0 Å². The molecule has 0 aliphatic carbocycles. The van der Waals surface area contributed by atoms with Crippen molar-refractivity contribution in [2.45, 2.75) is 20.3 Å². The summed E-state index contributed by atoms with van der Waals surface area (Å²) in [5, 5.41) is 9.41.